The van der Waals surface area contributed by atoms with E-state index in [0.717, 1.165) is 5.57 Å². The summed E-state index contributed by atoms with van der Waals surface area (Å²) >= 11 is 0. The summed E-state index contributed by atoms with van der Waals surface area (Å²) in [5.74, 6) is -0.870. The molecule has 1 aliphatic carbocycles. The fraction of sp³-hybridized carbons (Fsp3) is 0.462. The normalized spacial score (nSPS) is 20.1. The van der Waals surface area contributed by atoms with Crippen LogP contribution in [0.1, 0.15) is 45.6 Å². The van der Waals surface area contributed by atoms with Crippen molar-refractivity contribution >= 4 is 17.5 Å². The highest BCUT2D eigenvalue weighted by Gasteiger charge is 2.46. The quantitative estimate of drug-likeness (QED) is 0.583. The average Bonchev–Trinajstić information content (AvgIpc) is 3.34. The van der Waals surface area contributed by atoms with Gasteiger partial charge < -0.3 is 20.7 Å². The third-order valence-corrected chi connectivity index (χ3v) is 6.76. The molecule has 0 saturated heterocycles. The number of nitrogens with zero attached hydrogens (tertiary/aromatic N) is 4. The summed E-state index contributed by atoms with van der Waals surface area (Å²) in [5, 5.41) is 10.7. The van der Waals surface area contributed by atoms with Gasteiger partial charge in [-0.2, -0.15) is 0 Å². The zero-order valence-electron chi connectivity index (χ0n) is 21.5. The second-order valence-electron chi connectivity index (χ2n) is 10.6. The molecule has 9 nitrogen and oxygen atoms in total. The van der Waals surface area contributed by atoms with Crippen molar-refractivity contribution in [2.75, 3.05) is 13.1 Å². The van der Waals surface area contributed by atoms with Crippen LogP contribution in [0.25, 0.3) is 5.57 Å². The van der Waals surface area contributed by atoms with Crippen molar-refractivity contribution in [3.05, 3.63) is 59.4 Å². The Balaban J connectivity index is 1.74. The van der Waals surface area contributed by atoms with Crippen LogP contribution >= 0.6 is 0 Å². The number of hydrogen-bond acceptors (Lipinski definition) is 5. The average molecular weight is 533 g/mol. The summed E-state index contributed by atoms with van der Waals surface area (Å²) in [6.45, 7) is 6.53. The number of nitrogens with one attached hydrogen (secondary N) is 1. The number of carbonyl (C=O) groups is 2. The van der Waals surface area contributed by atoms with Gasteiger partial charge in [-0.1, -0.05) is 23.4 Å². The Morgan fingerprint density at radius 2 is 2.00 bits per heavy atom. The van der Waals surface area contributed by atoms with Crippen LogP contribution in [0.5, 0.6) is 5.75 Å². The maximum absolute atomic E-state index is 13.1. The maximum Gasteiger partial charge on any atom is 0.573 e. The zero-order valence-corrected chi connectivity index (χ0v) is 21.5. The second-order valence-corrected chi connectivity index (χ2v) is 10.6. The number of aromatic nitrogens is 3. The van der Waals surface area contributed by atoms with E-state index in [-0.39, 0.29) is 24.7 Å². The third-order valence-electron chi connectivity index (χ3n) is 6.76. The highest BCUT2D eigenvalue weighted by atomic mass is 19.4. The number of aryl methyl sites for hydroxylation is 1. The lowest BCUT2D eigenvalue weighted by atomic mass is 9.65. The van der Waals surface area contributed by atoms with E-state index < -0.39 is 23.2 Å². The predicted molar refractivity (Wildman–Crippen MR) is 133 cm³/mol. The minimum atomic E-state index is -4.82. The van der Waals surface area contributed by atoms with E-state index in [1.807, 2.05) is 26.8 Å². The van der Waals surface area contributed by atoms with Crippen molar-refractivity contribution in [1.82, 2.24) is 25.2 Å². The number of ether oxygens (including phenoxy) is 1. The van der Waals surface area contributed by atoms with E-state index in [4.69, 9.17) is 5.73 Å². The molecule has 12 heteroatoms. The van der Waals surface area contributed by atoms with Gasteiger partial charge >= 0.3 is 12.4 Å². The van der Waals surface area contributed by atoms with Crippen molar-refractivity contribution < 1.29 is 27.5 Å². The molecule has 4 rings (SSSR count). The van der Waals surface area contributed by atoms with Gasteiger partial charge in [0.25, 0.3) is 0 Å². The molecule has 2 heterocycles. The van der Waals surface area contributed by atoms with Crippen LogP contribution in [0, 0.1) is 5.41 Å². The first-order valence-electron chi connectivity index (χ1n) is 12.3. The molecule has 1 atom stereocenters. The molecule has 38 heavy (non-hydrogen) atoms. The molecule has 1 aromatic carbocycles. The Morgan fingerprint density at radius 1 is 1.24 bits per heavy atom. The largest absolute Gasteiger partial charge is 0.573 e. The number of hydrogen-bond donors (Lipinski definition) is 2. The first-order chi connectivity index (χ1) is 17.8. The Labute approximate surface area is 218 Å². The van der Waals surface area contributed by atoms with Crippen LogP contribution in [-0.4, -0.2) is 56.8 Å². The van der Waals surface area contributed by atoms with Crippen LogP contribution in [0.4, 0.5) is 18.0 Å². The molecule has 0 fully saturated rings. The zero-order chi connectivity index (χ0) is 27.7. The van der Waals surface area contributed by atoms with Crippen molar-refractivity contribution in [3.63, 3.8) is 0 Å². The van der Waals surface area contributed by atoms with Gasteiger partial charge in [0.2, 0.25) is 5.91 Å². The lowest BCUT2D eigenvalue weighted by Gasteiger charge is -2.44. The first kappa shape index (κ1) is 27.2. The molecule has 0 bridgehead atoms. The van der Waals surface area contributed by atoms with Crippen LogP contribution in [-0.2, 0) is 11.3 Å². The SMILES string of the molecule is CC(C)(C)NC(=O)N1CCC2=C(C1)C(CCn1ccnn1)(C(N)=O)CC=C2c1cccc(OC(F)(F)F)c1. The van der Waals surface area contributed by atoms with E-state index in [1.54, 1.807) is 21.8 Å². The first-order valence-corrected chi connectivity index (χ1v) is 12.3. The molecule has 204 valence electrons. The van der Waals surface area contributed by atoms with Crippen molar-refractivity contribution in [3.8, 4) is 5.75 Å². The Kier molecular flexibility index (Phi) is 7.26. The highest BCUT2D eigenvalue weighted by Crippen LogP contribution is 2.49. The summed E-state index contributed by atoms with van der Waals surface area (Å²) < 4.78 is 44.3. The van der Waals surface area contributed by atoms with E-state index in [9.17, 15) is 22.8 Å². The van der Waals surface area contributed by atoms with Gasteiger partial charge in [-0.3, -0.25) is 9.48 Å². The number of allylic oxidation sites excluding steroid dienone is 2. The minimum absolute atomic E-state index is 0.160. The molecular formula is C26H31F3N6O3. The summed E-state index contributed by atoms with van der Waals surface area (Å²) in [7, 11) is 0. The van der Waals surface area contributed by atoms with Gasteiger partial charge in [-0.05, 0) is 74.4 Å². The predicted octanol–water partition coefficient (Wildman–Crippen LogP) is 4.04. The fourth-order valence-electron chi connectivity index (χ4n) is 5.03. The number of primary amides is 1. The number of nitrogens with two attached hydrogens (primary N) is 1. The number of benzene rings is 1. The van der Waals surface area contributed by atoms with E-state index >= 15 is 0 Å². The van der Waals surface area contributed by atoms with E-state index in [1.165, 1.54) is 24.4 Å². The number of amides is 3. The summed E-state index contributed by atoms with van der Waals surface area (Å²) in [5.41, 5.74) is 7.21. The number of rotatable bonds is 6. The molecule has 0 radical (unpaired) electrons. The maximum atomic E-state index is 13.1. The van der Waals surface area contributed by atoms with Gasteiger partial charge in [0.05, 0.1) is 11.6 Å². The molecule has 1 unspecified atom stereocenters. The van der Waals surface area contributed by atoms with Crippen LogP contribution < -0.4 is 15.8 Å². The summed E-state index contributed by atoms with van der Waals surface area (Å²) in [6, 6.07) is 5.49. The fourth-order valence-corrected chi connectivity index (χ4v) is 5.03. The number of carbonyl (C=O) groups excluding carboxylic acids is 2. The Morgan fingerprint density at radius 3 is 2.63 bits per heavy atom. The molecular weight excluding hydrogens is 501 g/mol. The van der Waals surface area contributed by atoms with Crippen LogP contribution in [0.3, 0.4) is 0 Å². The lowest BCUT2D eigenvalue weighted by molar-refractivity contribution is -0.274. The molecule has 0 spiro atoms. The Bertz CT molecular complexity index is 1260. The summed E-state index contributed by atoms with van der Waals surface area (Å²) in [4.78, 5) is 27.8. The van der Waals surface area contributed by atoms with Crippen molar-refractivity contribution in [2.45, 2.75) is 58.5 Å². The van der Waals surface area contributed by atoms with Crippen LogP contribution in [0.2, 0.25) is 0 Å². The Hall–Kier alpha value is -3.83. The monoisotopic (exact) mass is 532 g/mol. The molecule has 1 aromatic heterocycles. The number of halogens is 3. The highest BCUT2D eigenvalue weighted by molar-refractivity contribution is 5.92. The molecule has 3 N–H and O–H groups in total. The van der Waals surface area contributed by atoms with Crippen LogP contribution in [0.15, 0.2) is 53.9 Å². The van der Waals surface area contributed by atoms with Gasteiger partial charge in [-0.15, -0.1) is 18.3 Å². The standard InChI is InChI=1S/C26H31F3N6O3/c1-24(2,3)32-23(37)34-12-8-20-19(17-5-4-6-18(15-17)38-26(27,28)29)7-9-25(22(30)36,21(20)16-34)10-13-35-14-11-31-33-35/h4-7,11,14-15H,8-10,12-13,16H2,1-3H3,(H2,30,36)(H,32,37). The molecule has 2 aliphatic rings. The molecule has 0 saturated carbocycles. The second kappa shape index (κ2) is 10.1. The summed E-state index contributed by atoms with van der Waals surface area (Å²) in [6.07, 6.45) is 1.20. The topological polar surface area (TPSA) is 115 Å². The van der Waals surface area contributed by atoms with Gasteiger partial charge in [0, 0.05) is 31.4 Å². The molecule has 1 aliphatic heterocycles. The van der Waals surface area contributed by atoms with Gasteiger partial charge in [0.1, 0.15) is 5.75 Å². The van der Waals surface area contributed by atoms with E-state index in [2.05, 4.69) is 20.4 Å². The van der Waals surface area contributed by atoms with E-state index in [0.29, 0.717) is 42.6 Å². The minimum Gasteiger partial charge on any atom is -0.406 e. The van der Waals surface area contributed by atoms with Gasteiger partial charge in [-0.25, -0.2) is 4.79 Å². The smallest absolute Gasteiger partial charge is 0.406 e. The number of alkyl halides is 3. The molecule has 3 amide bonds. The molecule has 2 aromatic rings. The lowest BCUT2D eigenvalue weighted by Crippen LogP contribution is -2.53. The van der Waals surface area contributed by atoms with Crippen molar-refractivity contribution in [1.29, 1.82) is 0 Å². The van der Waals surface area contributed by atoms with Gasteiger partial charge in [0.15, 0.2) is 0 Å². The van der Waals surface area contributed by atoms with Crippen molar-refractivity contribution in [2.24, 2.45) is 11.1 Å². The number of urea groups is 1. The third kappa shape index (κ3) is 6.00.